The highest BCUT2D eigenvalue weighted by molar-refractivity contribution is 7.47. The molecule has 61 heavy (non-hydrogen) atoms. The van der Waals surface area contributed by atoms with Crippen LogP contribution in [0.2, 0.25) is 0 Å². The molecule has 1 unspecified atom stereocenters. The number of rotatable bonds is 42. The molecule has 0 heterocycles. The number of aliphatic carboxylic acids is 1. The van der Waals surface area contributed by atoms with E-state index in [1.54, 1.807) is 12.2 Å². The summed E-state index contributed by atoms with van der Waals surface area (Å²) in [6.45, 7) is 2.54. The average molecular weight is 878 g/mol. The minimum Gasteiger partial charge on any atom is -0.480 e. The molecule has 0 fully saturated rings. The Kier molecular flexibility index (Phi) is 39.6. The summed E-state index contributed by atoms with van der Waals surface area (Å²) >= 11 is 0. The fourth-order valence-electron chi connectivity index (χ4n) is 5.75. The van der Waals surface area contributed by atoms with Crippen molar-refractivity contribution in [2.75, 3.05) is 19.8 Å². The highest BCUT2D eigenvalue weighted by Crippen LogP contribution is 2.43. The van der Waals surface area contributed by atoms with E-state index in [0.29, 0.717) is 25.7 Å². The zero-order valence-corrected chi connectivity index (χ0v) is 38.4. The van der Waals surface area contributed by atoms with Crippen LogP contribution in [0.25, 0.3) is 0 Å². The molecule has 0 amide bonds. The smallest absolute Gasteiger partial charge is 0.472 e. The van der Waals surface area contributed by atoms with Gasteiger partial charge in [0.05, 0.1) is 13.2 Å². The summed E-state index contributed by atoms with van der Waals surface area (Å²) in [6.07, 6.45) is 46.7. The molecule has 0 rings (SSSR count). The normalized spacial score (nSPS) is 14.2. The monoisotopic (exact) mass is 878 g/mol. The Morgan fingerprint density at radius 3 is 1.64 bits per heavy atom. The van der Waals surface area contributed by atoms with Crippen LogP contribution < -0.4 is 5.73 Å². The zero-order chi connectivity index (χ0) is 45.1. The number of hydrogen-bond donors (Lipinski definition) is 3. The molecule has 0 radical (unpaired) electrons. The average Bonchev–Trinajstić information content (AvgIpc) is 3.23. The highest BCUT2D eigenvalue weighted by Gasteiger charge is 2.28. The van der Waals surface area contributed by atoms with Gasteiger partial charge >= 0.3 is 25.7 Å². The molecule has 13 heteroatoms. The summed E-state index contributed by atoms with van der Waals surface area (Å²) in [7, 11) is -4.75. The summed E-state index contributed by atoms with van der Waals surface area (Å²) in [5.74, 6) is -2.36. The number of carbonyl (C=O) groups excluding carboxylic acids is 3. The van der Waals surface area contributed by atoms with Gasteiger partial charge in [0.2, 0.25) is 0 Å². The minimum atomic E-state index is -4.75. The topological polar surface area (TPSA) is 189 Å². The summed E-state index contributed by atoms with van der Waals surface area (Å²) in [5, 5.41) is 8.90. The van der Waals surface area contributed by atoms with E-state index < -0.39 is 51.1 Å². The van der Waals surface area contributed by atoms with Gasteiger partial charge in [0.15, 0.2) is 11.9 Å². The van der Waals surface area contributed by atoms with E-state index in [9.17, 15) is 28.6 Å². The van der Waals surface area contributed by atoms with E-state index in [-0.39, 0.29) is 25.2 Å². The number of nitrogens with two attached hydrogens (primary N) is 1. The van der Waals surface area contributed by atoms with Crippen molar-refractivity contribution >= 4 is 31.5 Å². The van der Waals surface area contributed by atoms with Gasteiger partial charge in [-0.3, -0.25) is 28.2 Å². The first-order valence-corrected chi connectivity index (χ1v) is 24.4. The number of hydrogen-bond acceptors (Lipinski definition) is 10. The van der Waals surface area contributed by atoms with E-state index in [0.717, 1.165) is 64.2 Å². The van der Waals surface area contributed by atoms with Gasteiger partial charge in [0.1, 0.15) is 12.6 Å². The van der Waals surface area contributed by atoms with Crippen molar-refractivity contribution in [2.24, 2.45) is 5.73 Å². The Bertz CT molecular complexity index is 1370. The molecule has 0 spiro atoms. The highest BCUT2D eigenvalue weighted by atomic mass is 31.2. The Morgan fingerprint density at radius 2 is 1.03 bits per heavy atom. The first-order valence-electron chi connectivity index (χ1n) is 22.9. The summed E-state index contributed by atoms with van der Waals surface area (Å²) in [6, 6.07) is -1.54. The number of phosphoric acid groups is 1. The lowest BCUT2D eigenvalue weighted by Crippen LogP contribution is -2.34. The molecule has 4 N–H and O–H groups in total. The number of unbranched alkanes of at least 4 members (excludes halogenated alkanes) is 15. The van der Waals surface area contributed by atoms with E-state index in [1.165, 1.54) is 57.8 Å². The Morgan fingerprint density at radius 1 is 0.557 bits per heavy atom. The van der Waals surface area contributed by atoms with Crippen molar-refractivity contribution in [1.29, 1.82) is 0 Å². The van der Waals surface area contributed by atoms with Crippen LogP contribution in [-0.4, -0.2) is 65.7 Å². The van der Waals surface area contributed by atoms with Crippen LogP contribution in [0.5, 0.6) is 0 Å². The summed E-state index contributed by atoms with van der Waals surface area (Å²) in [5.41, 5.74) is 5.33. The third-order valence-electron chi connectivity index (χ3n) is 9.40. The second-order valence-electron chi connectivity index (χ2n) is 15.2. The van der Waals surface area contributed by atoms with Crippen molar-refractivity contribution in [3.8, 4) is 0 Å². The summed E-state index contributed by atoms with van der Waals surface area (Å²) < 4.78 is 32.6. The molecular weight excluding hydrogens is 797 g/mol. The van der Waals surface area contributed by atoms with Crippen molar-refractivity contribution in [3.05, 3.63) is 72.9 Å². The predicted molar refractivity (Wildman–Crippen MR) is 245 cm³/mol. The maximum Gasteiger partial charge on any atom is 0.472 e. The van der Waals surface area contributed by atoms with E-state index in [1.807, 2.05) is 36.5 Å². The molecule has 348 valence electrons. The SMILES string of the molecule is CCCCC/C=C\C/C=C\CCCCCCCCCCCC(=O)OC[C@H](COP(=O)(O)OC[C@H](N)C(=O)O)OC(=O)CCC/C=C\C/C=C\C/C=C\C=C\C(=O)CCCCC. The van der Waals surface area contributed by atoms with Gasteiger partial charge in [0, 0.05) is 19.3 Å². The third kappa shape index (κ3) is 41.7. The lowest BCUT2D eigenvalue weighted by atomic mass is 10.1. The number of carboxylic acids is 1. The maximum absolute atomic E-state index is 12.6. The van der Waals surface area contributed by atoms with Gasteiger partial charge in [-0.25, -0.2) is 4.57 Å². The molecule has 0 aliphatic rings. The van der Waals surface area contributed by atoms with Gasteiger partial charge in [-0.05, 0) is 76.7 Å². The minimum absolute atomic E-state index is 0.0551. The fourth-order valence-corrected chi connectivity index (χ4v) is 6.53. The van der Waals surface area contributed by atoms with Gasteiger partial charge in [0.25, 0.3) is 0 Å². The van der Waals surface area contributed by atoms with E-state index >= 15 is 0 Å². The van der Waals surface area contributed by atoms with Crippen LogP contribution in [0.3, 0.4) is 0 Å². The summed E-state index contributed by atoms with van der Waals surface area (Å²) in [4.78, 5) is 57.7. The first-order chi connectivity index (χ1) is 29.5. The van der Waals surface area contributed by atoms with Gasteiger partial charge in [-0.1, -0.05) is 151 Å². The Balaban J connectivity index is 4.46. The Hall–Kier alpha value is -3.41. The fraction of sp³-hybridized carbons (Fsp3) is 0.667. The quantitative estimate of drug-likeness (QED) is 0.0132. The largest absolute Gasteiger partial charge is 0.480 e. The predicted octanol–water partition coefficient (Wildman–Crippen LogP) is 11.7. The van der Waals surface area contributed by atoms with Gasteiger partial charge in [-0.15, -0.1) is 0 Å². The van der Waals surface area contributed by atoms with Gasteiger partial charge < -0.3 is 25.2 Å². The van der Waals surface area contributed by atoms with Crippen molar-refractivity contribution in [2.45, 2.75) is 187 Å². The molecule has 0 saturated carbocycles. The van der Waals surface area contributed by atoms with Gasteiger partial charge in [-0.2, -0.15) is 0 Å². The maximum atomic E-state index is 12.6. The molecule has 0 aromatic carbocycles. The second-order valence-corrected chi connectivity index (χ2v) is 16.7. The van der Waals surface area contributed by atoms with Crippen LogP contribution in [0, 0.1) is 0 Å². The molecule has 0 aromatic heterocycles. The number of carboxylic acid groups (broad SMARTS) is 1. The van der Waals surface area contributed by atoms with Crippen LogP contribution in [0.1, 0.15) is 174 Å². The number of ketones is 1. The second kappa shape index (κ2) is 41.9. The molecule has 0 aromatic rings. The number of esters is 2. The molecule has 0 aliphatic heterocycles. The standard InChI is InChI=1S/C48H80NO11P/c1-3-5-7-8-9-10-11-12-13-14-15-16-17-18-21-24-27-30-34-38-46(51)57-40-44(41-58-61(55,56)59-42-45(49)48(53)54)60-47(52)39-35-31-28-25-22-19-20-23-26-29-33-37-43(50)36-32-6-4-2/h9-10,12-13,19-20,25-26,28-29,33,37,44-45H,3-8,11,14-18,21-24,27,30-32,34-36,38-42,49H2,1-2H3,(H,53,54)(H,55,56)/b10-9-,13-12-,20-19-,28-25-,29-26-,37-33+/t44-,45+/m1/s1. The van der Waals surface area contributed by atoms with Crippen LogP contribution >= 0.6 is 7.82 Å². The first kappa shape index (κ1) is 57.6. The Labute approximate surface area is 367 Å². The van der Waals surface area contributed by atoms with Crippen molar-refractivity contribution in [3.63, 3.8) is 0 Å². The van der Waals surface area contributed by atoms with E-state index in [4.69, 9.17) is 24.8 Å². The van der Waals surface area contributed by atoms with E-state index in [2.05, 4.69) is 42.7 Å². The van der Waals surface area contributed by atoms with Crippen LogP contribution in [-0.2, 0) is 42.3 Å². The molecule has 0 aliphatic carbocycles. The van der Waals surface area contributed by atoms with Crippen molar-refractivity contribution < 1.29 is 52.3 Å². The molecule has 0 bridgehead atoms. The molecule has 12 nitrogen and oxygen atoms in total. The number of allylic oxidation sites excluding steroid dienone is 12. The molecule has 0 saturated heterocycles. The number of ether oxygens (including phenoxy) is 2. The van der Waals surface area contributed by atoms with Crippen LogP contribution in [0.15, 0.2) is 72.9 Å². The lowest BCUT2D eigenvalue weighted by molar-refractivity contribution is -0.161. The lowest BCUT2D eigenvalue weighted by Gasteiger charge is -2.20. The number of carbonyl (C=O) groups is 4. The molecular formula is C48H80NO11P. The zero-order valence-electron chi connectivity index (χ0n) is 37.5. The molecule has 3 atom stereocenters. The van der Waals surface area contributed by atoms with Crippen molar-refractivity contribution in [1.82, 2.24) is 0 Å². The van der Waals surface area contributed by atoms with Crippen LogP contribution in [0.4, 0.5) is 0 Å². The third-order valence-corrected chi connectivity index (χ3v) is 10.4. The number of phosphoric ester groups is 1.